The SMILES string of the molecule is Cc1cc(C)n2nc(SCc3nnc(SCC(=O)N(C)c4ccccc4)s3)nc2n1. The number of para-hydroxylation sites is 1. The van der Waals surface area contributed by atoms with Crippen LogP contribution in [-0.4, -0.2) is 48.5 Å². The van der Waals surface area contributed by atoms with Crippen LogP contribution in [0, 0.1) is 13.8 Å². The van der Waals surface area contributed by atoms with Gasteiger partial charge in [0.05, 0.1) is 11.5 Å². The molecular formula is C19H19N7OS3. The van der Waals surface area contributed by atoms with E-state index in [-0.39, 0.29) is 5.91 Å². The Morgan fingerprint density at radius 3 is 2.73 bits per heavy atom. The van der Waals surface area contributed by atoms with Crippen molar-refractivity contribution in [3.8, 4) is 0 Å². The molecule has 0 aliphatic rings. The summed E-state index contributed by atoms with van der Waals surface area (Å²) in [6.07, 6.45) is 0. The molecule has 3 aromatic heterocycles. The molecule has 0 aliphatic heterocycles. The Morgan fingerprint density at radius 1 is 1.13 bits per heavy atom. The maximum atomic E-state index is 12.4. The number of anilines is 1. The predicted octanol–water partition coefficient (Wildman–Crippen LogP) is 3.64. The number of benzene rings is 1. The van der Waals surface area contributed by atoms with Crippen LogP contribution in [0.4, 0.5) is 5.69 Å². The molecule has 11 heteroatoms. The Labute approximate surface area is 186 Å². The summed E-state index contributed by atoms with van der Waals surface area (Å²) in [6.45, 7) is 3.92. The van der Waals surface area contributed by atoms with Crippen molar-refractivity contribution in [2.45, 2.75) is 29.1 Å². The van der Waals surface area contributed by atoms with Crippen molar-refractivity contribution < 1.29 is 4.79 Å². The lowest BCUT2D eigenvalue weighted by atomic mass is 10.3. The Hall–Kier alpha value is -2.50. The summed E-state index contributed by atoms with van der Waals surface area (Å²) in [5, 5.41) is 14.4. The highest BCUT2D eigenvalue weighted by atomic mass is 32.2. The topological polar surface area (TPSA) is 89.2 Å². The maximum absolute atomic E-state index is 12.4. The number of aromatic nitrogens is 6. The largest absolute Gasteiger partial charge is 0.315 e. The molecule has 0 atom stereocenters. The average Bonchev–Trinajstić information content (AvgIpc) is 3.37. The number of carbonyl (C=O) groups excluding carboxylic acids is 1. The van der Waals surface area contributed by atoms with Crippen molar-refractivity contribution in [3.63, 3.8) is 0 Å². The van der Waals surface area contributed by atoms with Gasteiger partial charge in [0.15, 0.2) is 4.34 Å². The second-order valence-corrected chi connectivity index (χ2v) is 9.70. The molecule has 4 rings (SSSR count). The molecule has 4 aromatic rings. The minimum Gasteiger partial charge on any atom is -0.315 e. The van der Waals surface area contributed by atoms with Crippen LogP contribution in [0.2, 0.25) is 0 Å². The smallest absolute Gasteiger partial charge is 0.253 e. The maximum Gasteiger partial charge on any atom is 0.253 e. The standard InChI is InChI=1S/C19H19N7OS3/c1-12-9-13(2)26-17(20-12)21-18(24-26)28-10-15-22-23-19(30-15)29-11-16(27)25(3)14-7-5-4-6-8-14/h4-9H,10-11H2,1-3H3. The summed E-state index contributed by atoms with van der Waals surface area (Å²) >= 11 is 4.38. The normalized spacial score (nSPS) is 11.2. The first kappa shape index (κ1) is 20.8. The van der Waals surface area contributed by atoms with Crippen LogP contribution in [0.5, 0.6) is 0 Å². The highest BCUT2D eigenvalue weighted by Crippen LogP contribution is 2.27. The summed E-state index contributed by atoms with van der Waals surface area (Å²) < 4.78 is 2.52. The highest BCUT2D eigenvalue weighted by molar-refractivity contribution is 8.01. The molecular weight excluding hydrogens is 438 g/mol. The van der Waals surface area contributed by atoms with Gasteiger partial charge in [0.25, 0.3) is 5.78 Å². The zero-order chi connectivity index (χ0) is 21.1. The summed E-state index contributed by atoms with van der Waals surface area (Å²) in [6, 6.07) is 11.6. The average molecular weight is 458 g/mol. The summed E-state index contributed by atoms with van der Waals surface area (Å²) in [7, 11) is 1.78. The van der Waals surface area contributed by atoms with Gasteiger partial charge in [0, 0.05) is 24.1 Å². The van der Waals surface area contributed by atoms with Crippen LogP contribution in [0.15, 0.2) is 45.9 Å². The van der Waals surface area contributed by atoms with Gasteiger partial charge >= 0.3 is 0 Å². The fraction of sp³-hybridized carbons (Fsp3) is 0.263. The number of amides is 1. The van der Waals surface area contributed by atoms with Gasteiger partial charge in [-0.15, -0.1) is 15.3 Å². The number of hydrogen-bond donors (Lipinski definition) is 0. The lowest BCUT2D eigenvalue weighted by molar-refractivity contribution is -0.115. The van der Waals surface area contributed by atoms with Crippen molar-refractivity contribution in [1.29, 1.82) is 0 Å². The number of fused-ring (bicyclic) bond motifs is 1. The van der Waals surface area contributed by atoms with E-state index in [0.29, 0.717) is 22.4 Å². The molecule has 0 bridgehead atoms. The van der Waals surface area contributed by atoms with E-state index in [0.717, 1.165) is 26.4 Å². The first-order valence-electron chi connectivity index (χ1n) is 9.10. The van der Waals surface area contributed by atoms with Crippen molar-refractivity contribution in [1.82, 2.24) is 29.8 Å². The molecule has 0 radical (unpaired) electrons. The number of nitrogens with zero attached hydrogens (tertiary/aromatic N) is 7. The first-order chi connectivity index (χ1) is 14.5. The van der Waals surface area contributed by atoms with Crippen molar-refractivity contribution in [2.24, 2.45) is 0 Å². The lowest BCUT2D eigenvalue weighted by Crippen LogP contribution is -2.27. The van der Waals surface area contributed by atoms with Crippen LogP contribution >= 0.6 is 34.9 Å². The van der Waals surface area contributed by atoms with E-state index in [9.17, 15) is 4.79 Å². The number of rotatable bonds is 7. The highest BCUT2D eigenvalue weighted by Gasteiger charge is 2.14. The molecule has 0 saturated heterocycles. The van der Waals surface area contributed by atoms with Crippen LogP contribution in [0.3, 0.4) is 0 Å². The summed E-state index contributed by atoms with van der Waals surface area (Å²) in [5.41, 5.74) is 2.79. The van der Waals surface area contributed by atoms with Gasteiger partial charge in [-0.1, -0.05) is 53.1 Å². The molecule has 1 aromatic carbocycles. The molecule has 0 saturated carbocycles. The Bertz CT molecular complexity index is 1180. The number of carbonyl (C=O) groups is 1. The molecule has 8 nitrogen and oxygen atoms in total. The molecule has 1 amide bonds. The molecule has 154 valence electrons. The van der Waals surface area contributed by atoms with E-state index in [1.807, 2.05) is 50.2 Å². The monoisotopic (exact) mass is 457 g/mol. The predicted molar refractivity (Wildman–Crippen MR) is 120 cm³/mol. The summed E-state index contributed by atoms with van der Waals surface area (Å²) in [4.78, 5) is 22.9. The fourth-order valence-electron chi connectivity index (χ4n) is 2.71. The van der Waals surface area contributed by atoms with Crippen LogP contribution < -0.4 is 4.90 Å². The zero-order valence-electron chi connectivity index (χ0n) is 16.6. The minimum absolute atomic E-state index is 0.0180. The van der Waals surface area contributed by atoms with Crippen molar-refractivity contribution >= 4 is 52.2 Å². The molecule has 30 heavy (non-hydrogen) atoms. The van der Waals surface area contributed by atoms with Gasteiger partial charge in [-0.25, -0.2) is 9.50 Å². The van der Waals surface area contributed by atoms with E-state index in [1.165, 1.54) is 34.9 Å². The minimum atomic E-state index is 0.0180. The molecule has 3 heterocycles. The molecule has 0 spiro atoms. The van der Waals surface area contributed by atoms with Gasteiger partial charge in [-0.05, 0) is 32.0 Å². The van der Waals surface area contributed by atoms with Crippen LogP contribution in [-0.2, 0) is 10.5 Å². The third kappa shape index (κ3) is 4.79. The van der Waals surface area contributed by atoms with Gasteiger partial charge in [0.1, 0.15) is 5.01 Å². The van der Waals surface area contributed by atoms with E-state index in [4.69, 9.17) is 0 Å². The third-order valence-corrected chi connectivity index (χ3v) is 7.28. The number of hydrogen-bond acceptors (Lipinski definition) is 9. The van der Waals surface area contributed by atoms with Gasteiger partial charge in [-0.2, -0.15) is 4.98 Å². The first-order valence-corrected chi connectivity index (χ1v) is 11.9. The van der Waals surface area contributed by atoms with Crippen molar-refractivity contribution in [3.05, 3.63) is 52.8 Å². The molecule has 0 unspecified atom stereocenters. The Balaban J connectivity index is 1.32. The van der Waals surface area contributed by atoms with Crippen LogP contribution in [0.1, 0.15) is 16.4 Å². The number of thioether (sulfide) groups is 2. The zero-order valence-corrected chi connectivity index (χ0v) is 19.1. The van der Waals surface area contributed by atoms with E-state index >= 15 is 0 Å². The second kappa shape index (κ2) is 9.11. The number of aryl methyl sites for hydroxylation is 2. The summed E-state index contributed by atoms with van der Waals surface area (Å²) in [5.74, 6) is 1.55. The van der Waals surface area contributed by atoms with Crippen molar-refractivity contribution in [2.75, 3.05) is 17.7 Å². The molecule has 0 aliphatic carbocycles. The van der Waals surface area contributed by atoms with Gasteiger partial charge in [-0.3, -0.25) is 4.79 Å². The van der Waals surface area contributed by atoms with Crippen LogP contribution in [0.25, 0.3) is 5.78 Å². The van der Waals surface area contributed by atoms with E-state index in [2.05, 4.69) is 25.3 Å². The molecule has 0 fully saturated rings. The van der Waals surface area contributed by atoms with Gasteiger partial charge in [0.2, 0.25) is 11.1 Å². The third-order valence-electron chi connectivity index (χ3n) is 4.21. The Kier molecular flexibility index (Phi) is 6.30. The fourth-order valence-corrected chi connectivity index (χ4v) is 5.32. The lowest BCUT2D eigenvalue weighted by Gasteiger charge is -2.16. The second-order valence-electron chi connectivity index (χ2n) is 6.47. The van der Waals surface area contributed by atoms with E-state index in [1.54, 1.807) is 16.5 Å². The Morgan fingerprint density at radius 2 is 1.93 bits per heavy atom. The van der Waals surface area contributed by atoms with E-state index < -0.39 is 0 Å². The van der Waals surface area contributed by atoms with Gasteiger partial charge < -0.3 is 4.90 Å². The molecule has 0 N–H and O–H groups in total. The quantitative estimate of drug-likeness (QED) is 0.389.